The second kappa shape index (κ2) is 8.34. The van der Waals surface area contributed by atoms with Crippen LogP contribution in [0, 0.1) is 0 Å². The highest BCUT2D eigenvalue weighted by molar-refractivity contribution is 8.02. The van der Waals surface area contributed by atoms with Gasteiger partial charge in [-0.1, -0.05) is 35.2 Å². The normalized spacial score (nSPS) is 12.5. The molecule has 2 rings (SSSR count). The first-order chi connectivity index (χ1) is 11.8. The van der Waals surface area contributed by atoms with Gasteiger partial charge in [-0.3, -0.25) is 4.79 Å². The molecule has 0 saturated heterocycles. The predicted octanol–water partition coefficient (Wildman–Crippen LogP) is 4.27. The lowest BCUT2D eigenvalue weighted by Gasteiger charge is -2.12. The minimum Gasteiger partial charge on any atom is -0.357 e. The van der Waals surface area contributed by atoms with Crippen molar-refractivity contribution in [3.63, 3.8) is 0 Å². The Morgan fingerprint density at radius 2 is 2.20 bits per heavy atom. The molecule has 1 unspecified atom stereocenters. The molecule has 1 aromatic heterocycles. The first kappa shape index (κ1) is 19.3. The van der Waals surface area contributed by atoms with Crippen molar-refractivity contribution in [3.8, 4) is 0 Å². The zero-order chi connectivity index (χ0) is 18.4. The molecule has 10 heteroatoms. The van der Waals surface area contributed by atoms with Crippen molar-refractivity contribution in [2.75, 3.05) is 17.2 Å². The van der Waals surface area contributed by atoms with Gasteiger partial charge in [0.2, 0.25) is 11.0 Å². The molecular weight excluding hydrogens is 373 g/mol. The van der Waals surface area contributed by atoms with Gasteiger partial charge in [-0.15, -0.1) is 16.8 Å². The number of anilines is 2. The fraction of sp³-hybridized carbons (Fsp3) is 0.267. The Labute approximate surface area is 150 Å². The second-order valence-electron chi connectivity index (χ2n) is 4.87. The molecule has 5 nitrogen and oxygen atoms in total. The highest BCUT2D eigenvalue weighted by Gasteiger charge is 2.30. The lowest BCUT2D eigenvalue weighted by molar-refractivity contribution is -0.137. The Kier molecular flexibility index (Phi) is 6.43. The molecule has 25 heavy (non-hydrogen) atoms. The molecule has 0 bridgehead atoms. The molecule has 0 radical (unpaired) electrons. The quantitative estimate of drug-likeness (QED) is 0.548. The number of carbonyl (C=O) groups is 1. The Balaban J connectivity index is 1.96. The van der Waals surface area contributed by atoms with Gasteiger partial charge in [-0.25, -0.2) is 0 Å². The van der Waals surface area contributed by atoms with Gasteiger partial charge in [-0.2, -0.15) is 13.2 Å². The highest BCUT2D eigenvalue weighted by atomic mass is 32.2. The number of alkyl halides is 3. The van der Waals surface area contributed by atoms with E-state index in [0.717, 1.165) is 12.1 Å². The smallest absolute Gasteiger partial charge is 0.357 e. The molecule has 0 aliphatic carbocycles. The number of benzene rings is 1. The van der Waals surface area contributed by atoms with Crippen molar-refractivity contribution in [2.24, 2.45) is 0 Å². The summed E-state index contributed by atoms with van der Waals surface area (Å²) in [6.07, 6.45) is -2.78. The van der Waals surface area contributed by atoms with Crippen LogP contribution in [0.15, 0.2) is 41.3 Å². The van der Waals surface area contributed by atoms with E-state index >= 15 is 0 Å². The lowest BCUT2D eigenvalue weighted by atomic mass is 10.2. The van der Waals surface area contributed by atoms with Crippen LogP contribution < -0.4 is 10.6 Å². The Hall–Kier alpha value is -2.07. The van der Waals surface area contributed by atoms with E-state index in [1.54, 1.807) is 13.0 Å². The molecular formula is C15H15F3N4OS2. The monoisotopic (exact) mass is 388 g/mol. The number of aromatic nitrogens is 2. The molecule has 0 aliphatic heterocycles. The minimum atomic E-state index is -4.46. The average Bonchev–Trinajstić information content (AvgIpc) is 2.99. The van der Waals surface area contributed by atoms with Gasteiger partial charge in [0.05, 0.1) is 10.8 Å². The van der Waals surface area contributed by atoms with Crippen molar-refractivity contribution >= 4 is 39.8 Å². The van der Waals surface area contributed by atoms with E-state index in [-0.39, 0.29) is 5.69 Å². The molecule has 0 aliphatic rings. The van der Waals surface area contributed by atoms with Crippen LogP contribution >= 0.6 is 23.1 Å². The van der Waals surface area contributed by atoms with E-state index < -0.39 is 22.9 Å². The Bertz CT molecular complexity index is 748. The molecule has 2 N–H and O–H groups in total. The molecule has 2 aromatic rings. The number of nitrogens with zero attached hydrogens (tertiary/aromatic N) is 2. The summed E-state index contributed by atoms with van der Waals surface area (Å²) in [5.41, 5.74) is -0.717. The highest BCUT2D eigenvalue weighted by Crippen LogP contribution is 2.32. The summed E-state index contributed by atoms with van der Waals surface area (Å²) >= 11 is 2.46. The van der Waals surface area contributed by atoms with Crippen molar-refractivity contribution in [2.45, 2.75) is 22.7 Å². The number of carbonyl (C=O) groups excluding carboxylic acids is 1. The summed E-state index contributed by atoms with van der Waals surface area (Å²) in [5, 5.41) is 13.4. The molecule has 1 atom stereocenters. The molecule has 0 saturated carbocycles. The summed E-state index contributed by atoms with van der Waals surface area (Å²) in [6.45, 7) is 5.77. The van der Waals surface area contributed by atoms with Crippen molar-refractivity contribution < 1.29 is 18.0 Å². The third kappa shape index (κ3) is 5.75. The van der Waals surface area contributed by atoms with E-state index in [4.69, 9.17) is 0 Å². The van der Waals surface area contributed by atoms with Gasteiger partial charge >= 0.3 is 6.18 Å². The molecule has 0 fully saturated rings. The number of thioether (sulfide) groups is 1. The van der Waals surface area contributed by atoms with Crippen molar-refractivity contribution in [1.82, 2.24) is 10.2 Å². The number of hydrogen-bond donors (Lipinski definition) is 2. The molecule has 0 spiro atoms. The van der Waals surface area contributed by atoms with Crippen molar-refractivity contribution in [3.05, 3.63) is 42.5 Å². The van der Waals surface area contributed by atoms with Gasteiger partial charge in [0.1, 0.15) is 0 Å². The van der Waals surface area contributed by atoms with E-state index in [2.05, 4.69) is 27.4 Å². The minimum absolute atomic E-state index is 0.0953. The van der Waals surface area contributed by atoms with Crippen LogP contribution in [0.25, 0.3) is 0 Å². The molecule has 134 valence electrons. The molecule has 1 heterocycles. The fourth-order valence-electron chi connectivity index (χ4n) is 1.71. The van der Waals surface area contributed by atoms with E-state index in [0.29, 0.717) is 16.0 Å². The standard InChI is InChI=1S/C15H15F3N4OS2/c1-3-7-19-13-21-22-14(25-13)24-9(2)12(23)20-11-6-4-5-10(8-11)15(16,17)18/h3-6,8-9H,1,7H2,2H3,(H,19,21)(H,20,23). The van der Waals surface area contributed by atoms with Crippen LogP contribution in [0.2, 0.25) is 0 Å². The Morgan fingerprint density at radius 3 is 2.88 bits per heavy atom. The van der Waals surface area contributed by atoms with E-state index in [1.165, 1.54) is 35.2 Å². The van der Waals surface area contributed by atoms with Crippen LogP contribution in [-0.4, -0.2) is 27.9 Å². The first-order valence-electron chi connectivity index (χ1n) is 7.12. The maximum Gasteiger partial charge on any atom is 0.416 e. The number of hydrogen-bond acceptors (Lipinski definition) is 6. The number of rotatable bonds is 7. The second-order valence-corrected chi connectivity index (χ2v) is 7.44. The van der Waals surface area contributed by atoms with Crippen molar-refractivity contribution in [1.29, 1.82) is 0 Å². The number of nitrogens with one attached hydrogen (secondary N) is 2. The van der Waals surface area contributed by atoms with Gasteiger partial charge in [0, 0.05) is 12.2 Å². The molecule has 1 amide bonds. The first-order valence-corrected chi connectivity index (χ1v) is 8.82. The number of halogens is 3. The summed E-state index contributed by atoms with van der Waals surface area (Å²) in [6, 6.07) is 4.51. The largest absolute Gasteiger partial charge is 0.416 e. The summed E-state index contributed by atoms with van der Waals surface area (Å²) in [4.78, 5) is 12.2. The fourth-order valence-corrected chi connectivity index (χ4v) is 3.61. The summed E-state index contributed by atoms with van der Waals surface area (Å²) < 4.78 is 38.7. The predicted molar refractivity (Wildman–Crippen MR) is 94.0 cm³/mol. The van der Waals surface area contributed by atoms with Gasteiger partial charge < -0.3 is 10.6 Å². The zero-order valence-corrected chi connectivity index (χ0v) is 14.8. The van der Waals surface area contributed by atoms with Crippen LogP contribution in [0.5, 0.6) is 0 Å². The van der Waals surface area contributed by atoms with E-state index in [1.807, 2.05) is 0 Å². The molecule has 1 aromatic carbocycles. The Morgan fingerprint density at radius 1 is 1.44 bits per heavy atom. The van der Waals surface area contributed by atoms with Crippen LogP contribution in [0.1, 0.15) is 12.5 Å². The maximum absolute atomic E-state index is 12.7. The third-order valence-electron chi connectivity index (χ3n) is 2.91. The van der Waals surface area contributed by atoms with Gasteiger partial charge in [-0.05, 0) is 25.1 Å². The lowest BCUT2D eigenvalue weighted by Crippen LogP contribution is -2.22. The number of amides is 1. The zero-order valence-electron chi connectivity index (χ0n) is 13.1. The SMILES string of the molecule is C=CCNc1nnc(SC(C)C(=O)Nc2cccc(C(F)(F)F)c2)s1. The summed E-state index contributed by atoms with van der Waals surface area (Å²) in [5.74, 6) is -0.417. The van der Waals surface area contributed by atoms with E-state index in [9.17, 15) is 18.0 Å². The van der Waals surface area contributed by atoms with Crippen LogP contribution in [0.4, 0.5) is 24.0 Å². The average molecular weight is 388 g/mol. The topological polar surface area (TPSA) is 66.9 Å². The van der Waals surface area contributed by atoms with Gasteiger partial charge in [0.25, 0.3) is 0 Å². The summed E-state index contributed by atoms with van der Waals surface area (Å²) in [7, 11) is 0. The van der Waals surface area contributed by atoms with Gasteiger partial charge in [0.15, 0.2) is 4.34 Å². The van der Waals surface area contributed by atoms with Crippen LogP contribution in [-0.2, 0) is 11.0 Å². The maximum atomic E-state index is 12.7. The third-order valence-corrected chi connectivity index (χ3v) is 4.97. The van der Waals surface area contributed by atoms with Crippen LogP contribution in [0.3, 0.4) is 0 Å².